The van der Waals surface area contributed by atoms with Crippen LogP contribution in [0.2, 0.25) is 0 Å². The second-order valence-corrected chi connectivity index (χ2v) is 5.33. The van der Waals surface area contributed by atoms with E-state index in [1.165, 1.54) is 4.90 Å². The van der Waals surface area contributed by atoms with Crippen LogP contribution in [-0.4, -0.2) is 47.3 Å². The molecule has 3 rings (SSSR count). The van der Waals surface area contributed by atoms with Gasteiger partial charge in [-0.05, 0) is 30.5 Å². The highest BCUT2D eigenvalue weighted by Gasteiger charge is 2.28. The van der Waals surface area contributed by atoms with Crippen LogP contribution in [0.5, 0.6) is 0 Å². The Morgan fingerprint density at radius 1 is 1.10 bits per heavy atom. The third-order valence-electron chi connectivity index (χ3n) is 3.87. The minimum atomic E-state index is -0.364. The number of carbonyl (C=O) groups is 3. The summed E-state index contributed by atoms with van der Waals surface area (Å²) in [4.78, 5) is 38.2. The molecule has 2 fully saturated rings. The van der Waals surface area contributed by atoms with E-state index in [-0.39, 0.29) is 30.9 Å². The molecule has 0 radical (unpaired) electrons. The van der Waals surface area contributed by atoms with Gasteiger partial charge in [-0.3, -0.25) is 14.5 Å². The smallest absolute Gasteiger partial charge is 0.324 e. The highest BCUT2D eigenvalue weighted by atomic mass is 16.2. The van der Waals surface area contributed by atoms with Gasteiger partial charge in [0.15, 0.2) is 0 Å². The topological polar surface area (TPSA) is 69.7 Å². The molecule has 21 heavy (non-hydrogen) atoms. The average Bonchev–Trinajstić information content (AvgIpc) is 3.13. The average molecular weight is 287 g/mol. The number of nitrogens with zero attached hydrogens (tertiary/aromatic N) is 2. The van der Waals surface area contributed by atoms with Gasteiger partial charge in [0.25, 0.3) is 5.91 Å². The Morgan fingerprint density at radius 2 is 1.76 bits per heavy atom. The number of benzene rings is 1. The monoisotopic (exact) mass is 287 g/mol. The Morgan fingerprint density at radius 3 is 2.33 bits per heavy atom. The van der Waals surface area contributed by atoms with E-state index < -0.39 is 0 Å². The van der Waals surface area contributed by atoms with E-state index in [2.05, 4.69) is 5.32 Å². The maximum Gasteiger partial charge on any atom is 0.324 e. The lowest BCUT2D eigenvalue weighted by molar-refractivity contribution is -0.125. The third kappa shape index (κ3) is 2.74. The molecule has 2 saturated heterocycles. The van der Waals surface area contributed by atoms with Crippen molar-refractivity contribution in [2.75, 3.05) is 19.6 Å². The Labute approximate surface area is 122 Å². The van der Waals surface area contributed by atoms with Crippen LogP contribution in [0.25, 0.3) is 0 Å². The standard InChI is InChI=1S/C15H17N3O3/c19-13-9-16-15(21)18(13)10-11-3-5-12(6-4-11)14(20)17-7-1-2-8-17/h3-6H,1-2,7-10H2,(H,16,21). The second-order valence-electron chi connectivity index (χ2n) is 5.33. The fraction of sp³-hybridized carbons (Fsp3) is 0.400. The van der Waals surface area contributed by atoms with Gasteiger partial charge >= 0.3 is 6.03 Å². The first kappa shape index (κ1) is 13.6. The van der Waals surface area contributed by atoms with Crippen LogP contribution in [0, 0.1) is 0 Å². The lowest BCUT2D eigenvalue weighted by atomic mass is 10.1. The fourth-order valence-electron chi connectivity index (χ4n) is 2.65. The molecule has 1 aromatic carbocycles. The van der Waals surface area contributed by atoms with Crippen molar-refractivity contribution in [2.45, 2.75) is 19.4 Å². The molecule has 0 bridgehead atoms. The van der Waals surface area contributed by atoms with Crippen molar-refractivity contribution >= 4 is 17.8 Å². The molecule has 0 saturated carbocycles. The van der Waals surface area contributed by atoms with Crippen molar-refractivity contribution in [3.63, 3.8) is 0 Å². The van der Waals surface area contributed by atoms with Crippen molar-refractivity contribution in [3.05, 3.63) is 35.4 Å². The number of urea groups is 1. The minimum absolute atomic E-state index is 0.0500. The molecule has 2 aliphatic rings. The summed E-state index contributed by atoms with van der Waals surface area (Å²) >= 11 is 0. The normalized spacial score (nSPS) is 18.3. The largest absolute Gasteiger partial charge is 0.339 e. The summed E-state index contributed by atoms with van der Waals surface area (Å²) in [5.41, 5.74) is 1.48. The Bertz CT molecular complexity index is 560. The summed E-state index contributed by atoms with van der Waals surface area (Å²) in [6.07, 6.45) is 2.13. The van der Waals surface area contributed by atoms with Gasteiger partial charge in [-0.1, -0.05) is 12.1 Å². The van der Waals surface area contributed by atoms with Crippen LogP contribution in [0.4, 0.5) is 4.79 Å². The first-order valence-corrected chi connectivity index (χ1v) is 7.11. The molecular weight excluding hydrogens is 270 g/mol. The molecule has 4 amide bonds. The molecule has 2 heterocycles. The zero-order valence-corrected chi connectivity index (χ0v) is 11.7. The molecule has 0 spiro atoms. The summed E-state index contributed by atoms with van der Waals surface area (Å²) in [7, 11) is 0. The number of amides is 4. The third-order valence-corrected chi connectivity index (χ3v) is 3.87. The second kappa shape index (κ2) is 5.55. The quantitative estimate of drug-likeness (QED) is 0.842. The van der Waals surface area contributed by atoms with Crippen molar-refractivity contribution in [1.82, 2.24) is 15.1 Å². The lowest BCUT2D eigenvalue weighted by Crippen LogP contribution is -2.30. The lowest BCUT2D eigenvalue weighted by Gasteiger charge is -2.16. The van der Waals surface area contributed by atoms with E-state index in [1.54, 1.807) is 24.3 Å². The van der Waals surface area contributed by atoms with Crippen LogP contribution in [0.3, 0.4) is 0 Å². The maximum absolute atomic E-state index is 12.2. The molecule has 0 unspecified atom stereocenters. The molecule has 1 aromatic rings. The molecule has 6 heteroatoms. The Balaban J connectivity index is 1.67. The SMILES string of the molecule is O=C(c1ccc(CN2C(=O)CNC2=O)cc1)N1CCCC1. The summed E-state index contributed by atoms with van der Waals surface area (Å²) in [6.45, 7) is 1.94. The van der Waals surface area contributed by atoms with Gasteiger partial charge in [0.2, 0.25) is 5.91 Å². The predicted octanol–water partition coefficient (Wildman–Crippen LogP) is 0.974. The van der Waals surface area contributed by atoms with Gasteiger partial charge in [-0.2, -0.15) is 0 Å². The summed E-state index contributed by atoms with van der Waals surface area (Å²) in [5.74, 6) is -0.175. The summed E-state index contributed by atoms with van der Waals surface area (Å²) in [6, 6.07) is 6.74. The van der Waals surface area contributed by atoms with E-state index in [4.69, 9.17) is 0 Å². The molecular formula is C15H17N3O3. The molecule has 1 N–H and O–H groups in total. The number of nitrogens with one attached hydrogen (secondary N) is 1. The Hall–Kier alpha value is -2.37. The number of imide groups is 1. The first-order chi connectivity index (χ1) is 10.1. The highest BCUT2D eigenvalue weighted by Crippen LogP contribution is 2.15. The number of rotatable bonds is 3. The van der Waals surface area contributed by atoms with Crippen molar-refractivity contribution < 1.29 is 14.4 Å². The predicted molar refractivity (Wildman–Crippen MR) is 75.5 cm³/mol. The summed E-state index contributed by atoms with van der Waals surface area (Å²) in [5, 5.41) is 2.48. The van der Waals surface area contributed by atoms with Gasteiger partial charge < -0.3 is 10.2 Å². The van der Waals surface area contributed by atoms with Crippen LogP contribution < -0.4 is 5.32 Å². The van der Waals surface area contributed by atoms with E-state index >= 15 is 0 Å². The van der Waals surface area contributed by atoms with Gasteiger partial charge in [0.1, 0.15) is 0 Å². The fourth-order valence-corrected chi connectivity index (χ4v) is 2.65. The number of carbonyl (C=O) groups excluding carboxylic acids is 3. The molecule has 2 aliphatic heterocycles. The summed E-state index contributed by atoms with van der Waals surface area (Å²) < 4.78 is 0. The maximum atomic E-state index is 12.2. The van der Waals surface area contributed by atoms with E-state index in [0.717, 1.165) is 31.5 Å². The van der Waals surface area contributed by atoms with Gasteiger partial charge in [-0.25, -0.2) is 4.79 Å². The van der Waals surface area contributed by atoms with Crippen LogP contribution in [-0.2, 0) is 11.3 Å². The molecule has 6 nitrogen and oxygen atoms in total. The first-order valence-electron chi connectivity index (χ1n) is 7.11. The van der Waals surface area contributed by atoms with Crippen molar-refractivity contribution in [1.29, 1.82) is 0 Å². The van der Waals surface area contributed by atoms with Crippen LogP contribution in [0.1, 0.15) is 28.8 Å². The van der Waals surface area contributed by atoms with E-state index in [1.807, 2.05) is 4.90 Å². The minimum Gasteiger partial charge on any atom is -0.339 e. The number of likely N-dealkylation sites (tertiary alicyclic amines) is 1. The van der Waals surface area contributed by atoms with Gasteiger partial charge in [-0.15, -0.1) is 0 Å². The zero-order chi connectivity index (χ0) is 14.8. The van der Waals surface area contributed by atoms with E-state index in [0.29, 0.717) is 5.56 Å². The van der Waals surface area contributed by atoms with Crippen LogP contribution >= 0.6 is 0 Å². The van der Waals surface area contributed by atoms with Crippen molar-refractivity contribution in [3.8, 4) is 0 Å². The molecule has 110 valence electrons. The zero-order valence-electron chi connectivity index (χ0n) is 11.7. The Kier molecular flexibility index (Phi) is 3.60. The number of hydrogen-bond acceptors (Lipinski definition) is 3. The van der Waals surface area contributed by atoms with Gasteiger partial charge in [0, 0.05) is 18.7 Å². The van der Waals surface area contributed by atoms with Crippen molar-refractivity contribution in [2.24, 2.45) is 0 Å². The molecule has 0 aliphatic carbocycles. The van der Waals surface area contributed by atoms with Gasteiger partial charge in [0.05, 0.1) is 13.1 Å². The number of hydrogen-bond donors (Lipinski definition) is 1. The highest BCUT2D eigenvalue weighted by molar-refractivity contribution is 6.01. The molecule has 0 atom stereocenters. The van der Waals surface area contributed by atoms with Crippen LogP contribution in [0.15, 0.2) is 24.3 Å². The molecule has 0 aromatic heterocycles. The van der Waals surface area contributed by atoms with E-state index in [9.17, 15) is 14.4 Å².